The summed E-state index contributed by atoms with van der Waals surface area (Å²) >= 11 is 10.9. The number of alkyl halides is 2. The maximum Gasteiger partial charge on any atom is 0.279 e. The predicted molar refractivity (Wildman–Crippen MR) is 60.5 cm³/mol. The van der Waals surface area contributed by atoms with Gasteiger partial charge in [-0.25, -0.2) is 0 Å². The number of Topliss-reactive ketones (excluding diaryl/α,β-unsaturated/α-hetero) is 1. The minimum Gasteiger partial charge on any atom is -0.270 e. The van der Waals surface area contributed by atoms with E-state index in [9.17, 15) is 4.79 Å². The predicted octanol–water partition coefficient (Wildman–Crippen LogP) is 2.60. The Balaban J connectivity index is 3.69. The van der Waals surface area contributed by atoms with Gasteiger partial charge in [0, 0.05) is 24.6 Å². The molecule has 0 aliphatic rings. The Hall–Kier alpha value is -0.630. The molecule has 0 saturated heterocycles. The first-order valence-electron chi connectivity index (χ1n) is 4.45. The van der Waals surface area contributed by atoms with Crippen molar-refractivity contribution in [3.63, 3.8) is 0 Å². The summed E-state index contributed by atoms with van der Waals surface area (Å²) in [5.41, 5.74) is 0. The topological polar surface area (TPSA) is 17.1 Å². The number of ketones is 1. The van der Waals surface area contributed by atoms with Crippen LogP contribution < -0.4 is 0 Å². The lowest BCUT2D eigenvalue weighted by Crippen LogP contribution is -1.86. The molecule has 0 atom stereocenters. The molecule has 0 aromatic carbocycles. The van der Waals surface area contributed by atoms with E-state index in [2.05, 4.69) is 23.7 Å². The Bertz CT molecular complexity index is 247. The number of unbranched alkanes of at least 4 members (excludes halogenated alkanes) is 2. The van der Waals surface area contributed by atoms with Crippen LogP contribution in [0.2, 0.25) is 0 Å². The van der Waals surface area contributed by atoms with Crippen LogP contribution in [0.4, 0.5) is 0 Å². The maximum atomic E-state index is 11.0. The van der Waals surface area contributed by atoms with Crippen LogP contribution in [-0.4, -0.2) is 17.5 Å². The molecule has 0 aromatic rings. The zero-order valence-electron chi connectivity index (χ0n) is 7.91. The molecule has 0 heterocycles. The molecule has 3 heteroatoms. The van der Waals surface area contributed by atoms with E-state index < -0.39 is 0 Å². The molecule has 0 saturated carbocycles. The number of hydrogen-bond acceptors (Lipinski definition) is 1. The molecule has 0 aromatic heterocycles. The molecule has 0 bridgehead atoms. The number of rotatable bonds is 4. The van der Waals surface area contributed by atoms with Gasteiger partial charge in [-0.1, -0.05) is 11.8 Å². The number of hydrogen-bond donors (Lipinski definition) is 0. The summed E-state index contributed by atoms with van der Waals surface area (Å²) in [5.74, 6) is 11.1. The van der Waals surface area contributed by atoms with Crippen LogP contribution in [0.25, 0.3) is 0 Å². The highest BCUT2D eigenvalue weighted by Gasteiger charge is 1.86. The van der Waals surface area contributed by atoms with Crippen LogP contribution in [0.3, 0.4) is 0 Å². The van der Waals surface area contributed by atoms with Crippen molar-refractivity contribution in [3.05, 3.63) is 0 Å². The fourth-order valence-electron chi connectivity index (χ4n) is 0.627. The van der Waals surface area contributed by atoms with Crippen molar-refractivity contribution in [1.82, 2.24) is 0 Å². The number of halogens is 2. The van der Waals surface area contributed by atoms with Crippen LogP contribution in [0.15, 0.2) is 0 Å². The van der Waals surface area contributed by atoms with E-state index in [1.54, 1.807) is 0 Å². The Morgan fingerprint density at radius 3 is 1.71 bits per heavy atom. The normalized spacial score (nSPS) is 8.14. The van der Waals surface area contributed by atoms with Crippen molar-refractivity contribution in [2.75, 3.05) is 11.8 Å². The van der Waals surface area contributed by atoms with Gasteiger partial charge >= 0.3 is 0 Å². The highest BCUT2D eigenvalue weighted by Crippen LogP contribution is 1.89. The van der Waals surface area contributed by atoms with Gasteiger partial charge in [-0.2, -0.15) is 0 Å². The second kappa shape index (κ2) is 10.5. The van der Waals surface area contributed by atoms with E-state index in [0.29, 0.717) is 24.6 Å². The third-order valence-electron chi connectivity index (χ3n) is 1.27. The number of carbonyl (C=O) groups is 1. The molecule has 0 radical (unpaired) electrons. The highest BCUT2D eigenvalue weighted by molar-refractivity contribution is 6.18. The first-order valence-corrected chi connectivity index (χ1v) is 5.51. The molecule has 14 heavy (non-hydrogen) atoms. The van der Waals surface area contributed by atoms with Gasteiger partial charge in [0.2, 0.25) is 0 Å². The summed E-state index contributed by atoms with van der Waals surface area (Å²) in [7, 11) is 0. The van der Waals surface area contributed by atoms with Gasteiger partial charge in [-0.3, -0.25) is 4.79 Å². The molecule has 0 spiro atoms. The van der Waals surface area contributed by atoms with E-state index in [1.807, 2.05) is 0 Å². The first-order chi connectivity index (χ1) is 6.81. The Morgan fingerprint density at radius 1 is 0.929 bits per heavy atom. The smallest absolute Gasteiger partial charge is 0.270 e. The fourth-order valence-corrected chi connectivity index (χ4v) is 0.894. The van der Waals surface area contributed by atoms with Crippen molar-refractivity contribution in [1.29, 1.82) is 0 Å². The average Bonchev–Trinajstić information content (AvgIpc) is 2.19. The van der Waals surface area contributed by atoms with E-state index in [-0.39, 0.29) is 5.78 Å². The van der Waals surface area contributed by atoms with Gasteiger partial charge in [0.05, 0.1) is 0 Å². The van der Waals surface area contributed by atoms with Gasteiger partial charge in [0.1, 0.15) is 0 Å². The molecule has 1 nitrogen and oxygen atoms in total. The molecule has 0 rings (SSSR count). The van der Waals surface area contributed by atoms with Gasteiger partial charge in [-0.15, -0.1) is 23.2 Å². The van der Waals surface area contributed by atoms with Gasteiger partial charge < -0.3 is 0 Å². The van der Waals surface area contributed by atoms with Crippen LogP contribution >= 0.6 is 23.2 Å². The maximum absolute atomic E-state index is 11.0. The summed E-state index contributed by atoms with van der Waals surface area (Å²) in [5, 5.41) is 0. The van der Waals surface area contributed by atoms with E-state index in [0.717, 1.165) is 12.8 Å². The van der Waals surface area contributed by atoms with E-state index in [1.165, 1.54) is 0 Å². The van der Waals surface area contributed by atoms with Crippen LogP contribution in [0.5, 0.6) is 0 Å². The highest BCUT2D eigenvalue weighted by atomic mass is 35.5. The minimum absolute atomic E-state index is 0.325. The molecule has 76 valence electrons. The third kappa shape index (κ3) is 9.46. The standard InChI is InChI=1S/C11H12Cl2O/c12-9-5-1-3-7-11(14)8-4-2-6-10-13/h1-2,5-6,9-10H2. The van der Waals surface area contributed by atoms with Gasteiger partial charge in [0.25, 0.3) is 5.78 Å². The quantitative estimate of drug-likeness (QED) is 0.314. The Kier molecular flexibility index (Phi) is 9.98. The lowest BCUT2D eigenvalue weighted by atomic mass is 10.3. The van der Waals surface area contributed by atoms with Crippen molar-refractivity contribution >= 4 is 29.0 Å². The summed E-state index contributed by atoms with van der Waals surface area (Å²) in [6, 6.07) is 0. The van der Waals surface area contributed by atoms with Crippen molar-refractivity contribution in [2.24, 2.45) is 0 Å². The second-order valence-electron chi connectivity index (χ2n) is 2.52. The van der Waals surface area contributed by atoms with Crippen molar-refractivity contribution in [3.8, 4) is 23.7 Å². The summed E-state index contributed by atoms with van der Waals surface area (Å²) in [4.78, 5) is 11.0. The Morgan fingerprint density at radius 2 is 1.36 bits per heavy atom. The van der Waals surface area contributed by atoms with Crippen molar-refractivity contribution < 1.29 is 4.79 Å². The fraction of sp³-hybridized carbons (Fsp3) is 0.545. The third-order valence-corrected chi connectivity index (χ3v) is 1.81. The second-order valence-corrected chi connectivity index (χ2v) is 3.27. The lowest BCUT2D eigenvalue weighted by molar-refractivity contribution is -0.108. The minimum atomic E-state index is -0.325. The van der Waals surface area contributed by atoms with Crippen LogP contribution in [0.1, 0.15) is 25.7 Å². The first kappa shape index (κ1) is 13.4. The summed E-state index contributed by atoms with van der Waals surface area (Å²) < 4.78 is 0. The molecular formula is C11H12Cl2O. The van der Waals surface area contributed by atoms with Crippen LogP contribution in [0, 0.1) is 23.7 Å². The summed E-state index contributed by atoms with van der Waals surface area (Å²) in [6.45, 7) is 0. The molecule has 0 aliphatic carbocycles. The van der Waals surface area contributed by atoms with Crippen molar-refractivity contribution in [2.45, 2.75) is 25.7 Å². The monoisotopic (exact) mass is 230 g/mol. The van der Waals surface area contributed by atoms with E-state index >= 15 is 0 Å². The van der Waals surface area contributed by atoms with E-state index in [4.69, 9.17) is 23.2 Å². The molecule has 0 N–H and O–H groups in total. The SMILES string of the molecule is O=C(C#CCCCCl)C#CCCCCl. The van der Waals surface area contributed by atoms with Gasteiger partial charge in [-0.05, 0) is 24.7 Å². The largest absolute Gasteiger partial charge is 0.279 e. The lowest BCUT2D eigenvalue weighted by Gasteiger charge is -1.82. The molecule has 0 aliphatic heterocycles. The average molecular weight is 231 g/mol. The number of carbonyl (C=O) groups excluding carboxylic acids is 1. The molecular weight excluding hydrogens is 219 g/mol. The molecule has 0 fully saturated rings. The van der Waals surface area contributed by atoms with Crippen LogP contribution in [-0.2, 0) is 4.79 Å². The molecule has 0 amide bonds. The Labute approximate surface area is 95.2 Å². The zero-order chi connectivity index (χ0) is 10.6. The zero-order valence-corrected chi connectivity index (χ0v) is 9.42. The summed E-state index contributed by atoms with van der Waals surface area (Å²) in [6.07, 6.45) is 2.92. The van der Waals surface area contributed by atoms with Gasteiger partial charge in [0.15, 0.2) is 0 Å². The molecule has 0 unspecified atom stereocenters.